The summed E-state index contributed by atoms with van der Waals surface area (Å²) >= 11 is 0. The number of carbonyl (C=O) groups excluding carboxylic acids is 2. The van der Waals surface area contributed by atoms with Crippen LogP contribution in [0.4, 0.5) is 0 Å². The van der Waals surface area contributed by atoms with E-state index in [-0.39, 0.29) is 6.42 Å². The van der Waals surface area contributed by atoms with Crippen molar-refractivity contribution >= 4 is 11.8 Å². The minimum atomic E-state index is -0.571. The third-order valence-electron chi connectivity index (χ3n) is 2.14. The molecule has 1 unspecified atom stereocenters. The number of nitrogens with zero attached hydrogens (tertiary/aromatic N) is 1. The molecule has 0 aliphatic rings. The number of nitrogens with one attached hydrogen (secondary N) is 1. The van der Waals surface area contributed by atoms with Gasteiger partial charge in [-0.25, -0.2) is 0 Å². The monoisotopic (exact) mass is 228 g/mol. The lowest BCUT2D eigenvalue weighted by Gasteiger charge is -2.05. The lowest BCUT2D eigenvalue weighted by Crippen LogP contribution is -2.31. The third-order valence-corrected chi connectivity index (χ3v) is 2.14. The van der Waals surface area contributed by atoms with E-state index in [4.69, 9.17) is 5.26 Å². The van der Waals surface area contributed by atoms with Crippen molar-refractivity contribution in [2.45, 2.75) is 6.42 Å². The molecule has 0 aromatic heterocycles. The first-order valence-electron chi connectivity index (χ1n) is 5.08. The summed E-state index contributed by atoms with van der Waals surface area (Å²) in [6, 6.07) is 10.3. The Balaban J connectivity index is 2.56. The number of amides is 2. The summed E-state index contributed by atoms with van der Waals surface area (Å²) in [5.41, 5.74) is 0.410. The van der Waals surface area contributed by atoms with Crippen LogP contribution in [0.3, 0.4) is 0 Å². The molecule has 1 aromatic rings. The Hall–Kier alpha value is -2.41. The molecular formula is C13H12N2O2. The van der Waals surface area contributed by atoms with Crippen LogP contribution >= 0.6 is 0 Å². The van der Waals surface area contributed by atoms with Gasteiger partial charge in [-0.1, -0.05) is 24.3 Å². The predicted octanol–water partition coefficient (Wildman–Crippen LogP) is 1.66. The Morgan fingerprint density at radius 2 is 2.06 bits per heavy atom. The summed E-state index contributed by atoms with van der Waals surface area (Å²) in [4.78, 5) is 23.0. The van der Waals surface area contributed by atoms with Crippen LogP contribution in [0.5, 0.6) is 0 Å². The van der Waals surface area contributed by atoms with Crippen molar-refractivity contribution in [1.29, 1.82) is 5.26 Å². The zero-order valence-corrected chi connectivity index (χ0v) is 9.22. The molecule has 0 saturated heterocycles. The van der Waals surface area contributed by atoms with Crippen LogP contribution in [-0.4, -0.2) is 11.8 Å². The van der Waals surface area contributed by atoms with Crippen LogP contribution in [0.1, 0.15) is 16.8 Å². The number of hydrogen-bond acceptors (Lipinski definition) is 3. The van der Waals surface area contributed by atoms with Gasteiger partial charge in [0.15, 0.2) is 0 Å². The van der Waals surface area contributed by atoms with Crippen molar-refractivity contribution in [1.82, 2.24) is 5.32 Å². The Morgan fingerprint density at radius 3 is 2.59 bits per heavy atom. The van der Waals surface area contributed by atoms with E-state index in [0.29, 0.717) is 5.56 Å². The SMILES string of the molecule is C=CC(C#N)CC(=O)NC(=O)c1ccccc1. The molecule has 2 amide bonds. The lowest BCUT2D eigenvalue weighted by atomic mass is 10.1. The van der Waals surface area contributed by atoms with Gasteiger partial charge in [-0.2, -0.15) is 5.26 Å². The van der Waals surface area contributed by atoms with Crippen LogP contribution in [0.25, 0.3) is 0 Å². The maximum absolute atomic E-state index is 11.6. The van der Waals surface area contributed by atoms with E-state index in [1.807, 2.05) is 6.07 Å². The number of allylic oxidation sites excluding steroid dienone is 1. The van der Waals surface area contributed by atoms with Gasteiger partial charge in [0.1, 0.15) is 0 Å². The van der Waals surface area contributed by atoms with Crippen molar-refractivity contribution < 1.29 is 9.59 Å². The summed E-state index contributed by atoms with van der Waals surface area (Å²) in [7, 11) is 0. The Kier molecular flexibility index (Phi) is 4.64. The molecule has 1 aromatic carbocycles. The molecule has 1 rings (SSSR count). The number of carbonyl (C=O) groups is 2. The topological polar surface area (TPSA) is 70.0 Å². The highest BCUT2D eigenvalue weighted by Gasteiger charge is 2.13. The second-order valence-electron chi connectivity index (χ2n) is 3.42. The lowest BCUT2D eigenvalue weighted by molar-refractivity contribution is -0.120. The molecular weight excluding hydrogens is 216 g/mol. The highest BCUT2D eigenvalue weighted by molar-refractivity contribution is 6.04. The Morgan fingerprint density at radius 1 is 1.41 bits per heavy atom. The van der Waals surface area contributed by atoms with Crippen molar-refractivity contribution in [3.8, 4) is 6.07 Å². The first-order valence-corrected chi connectivity index (χ1v) is 5.08. The van der Waals surface area contributed by atoms with Gasteiger partial charge in [-0.15, -0.1) is 6.58 Å². The normalized spacial score (nSPS) is 11.0. The largest absolute Gasteiger partial charge is 0.292 e. The van der Waals surface area contributed by atoms with Gasteiger partial charge in [0.2, 0.25) is 5.91 Å². The van der Waals surface area contributed by atoms with E-state index in [0.717, 1.165) is 0 Å². The minimum absolute atomic E-state index is 0.0570. The average Bonchev–Trinajstić information content (AvgIpc) is 2.37. The predicted molar refractivity (Wildman–Crippen MR) is 62.8 cm³/mol. The maximum Gasteiger partial charge on any atom is 0.257 e. The van der Waals surface area contributed by atoms with E-state index in [1.165, 1.54) is 6.08 Å². The van der Waals surface area contributed by atoms with Gasteiger partial charge in [0, 0.05) is 12.0 Å². The van der Waals surface area contributed by atoms with Gasteiger partial charge in [0.25, 0.3) is 5.91 Å². The molecule has 1 N–H and O–H groups in total. The van der Waals surface area contributed by atoms with E-state index >= 15 is 0 Å². The third kappa shape index (κ3) is 3.92. The fraction of sp³-hybridized carbons (Fsp3) is 0.154. The van der Waals surface area contributed by atoms with Crippen molar-refractivity contribution in [3.05, 3.63) is 48.6 Å². The van der Waals surface area contributed by atoms with Crippen LogP contribution in [0, 0.1) is 17.2 Å². The minimum Gasteiger partial charge on any atom is -0.292 e. The van der Waals surface area contributed by atoms with Crippen LogP contribution in [-0.2, 0) is 4.79 Å². The summed E-state index contributed by atoms with van der Waals surface area (Å²) in [6.07, 6.45) is 1.32. The first-order chi connectivity index (χ1) is 8.17. The Bertz CT molecular complexity index is 460. The van der Waals surface area contributed by atoms with Crippen LogP contribution in [0.2, 0.25) is 0 Å². The molecule has 4 heteroatoms. The smallest absolute Gasteiger partial charge is 0.257 e. The van der Waals surface area contributed by atoms with Crippen molar-refractivity contribution in [3.63, 3.8) is 0 Å². The molecule has 86 valence electrons. The van der Waals surface area contributed by atoms with E-state index in [1.54, 1.807) is 30.3 Å². The molecule has 0 aliphatic heterocycles. The van der Waals surface area contributed by atoms with Gasteiger partial charge in [-0.3, -0.25) is 14.9 Å². The summed E-state index contributed by atoms with van der Waals surface area (Å²) in [5.74, 6) is -1.51. The number of hydrogen-bond donors (Lipinski definition) is 1. The highest BCUT2D eigenvalue weighted by Crippen LogP contribution is 2.03. The molecule has 4 nitrogen and oxygen atoms in total. The molecule has 17 heavy (non-hydrogen) atoms. The van der Waals surface area contributed by atoms with Gasteiger partial charge >= 0.3 is 0 Å². The van der Waals surface area contributed by atoms with E-state index < -0.39 is 17.7 Å². The zero-order chi connectivity index (χ0) is 12.7. The molecule has 0 spiro atoms. The second kappa shape index (κ2) is 6.23. The van der Waals surface area contributed by atoms with Gasteiger partial charge < -0.3 is 0 Å². The second-order valence-corrected chi connectivity index (χ2v) is 3.42. The van der Waals surface area contributed by atoms with Crippen LogP contribution in [0.15, 0.2) is 43.0 Å². The highest BCUT2D eigenvalue weighted by atomic mass is 16.2. The molecule has 0 aliphatic carbocycles. The van der Waals surface area contributed by atoms with Crippen molar-refractivity contribution in [2.75, 3.05) is 0 Å². The molecule has 0 saturated carbocycles. The first kappa shape index (κ1) is 12.7. The van der Waals surface area contributed by atoms with Gasteiger partial charge in [-0.05, 0) is 12.1 Å². The van der Waals surface area contributed by atoms with Crippen LogP contribution < -0.4 is 5.32 Å². The molecule has 0 radical (unpaired) electrons. The number of nitriles is 1. The summed E-state index contributed by atoms with van der Waals surface area (Å²) in [5, 5.41) is 10.9. The number of imide groups is 1. The number of rotatable bonds is 4. The number of benzene rings is 1. The van der Waals surface area contributed by atoms with Gasteiger partial charge in [0.05, 0.1) is 12.0 Å². The summed E-state index contributed by atoms with van der Waals surface area (Å²) < 4.78 is 0. The zero-order valence-electron chi connectivity index (χ0n) is 9.22. The fourth-order valence-corrected chi connectivity index (χ4v) is 1.22. The average molecular weight is 228 g/mol. The Labute approximate surface area is 99.6 Å². The fourth-order valence-electron chi connectivity index (χ4n) is 1.22. The van der Waals surface area contributed by atoms with E-state index in [9.17, 15) is 9.59 Å². The molecule has 0 heterocycles. The molecule has 1 atom stereocenters. The standard InChI is InChI=1S/C13H12N2O2/c1-2-10(9-14)8-12(16)15-13(17)11-6-4-3-5-7-11/h2-7,10H,1,8H2,(H,15,16,17). The van der Waals surface area contributed by atoms with Crippen molar-refractivity contribution in [2.24, 2.45) is 5.92 Å². The maximum atomic E-state index is 11.6. The quantitative estimate of drug-likeness (QED) is 0.797. The van der Waals surface area contributed by atoms with E-state index in [2.05, 4.69) is 11.9 Å². The molecule has 0 fully saturated rings. The molecule has 0 bridgehead atoms. The summed E-state index contributed by atoms with van der Waals surface area (Å²) in [6.45, 7) is 3.43.